The first kappa shape index (κ1) is 7.85. The zero-order chi connectivity index (χ0) is 9.71. The predicted molar refractivity (Wildman–Crippen MR) is 55.6 cm³/mol. The van der Waals surface area contributed by atoms with Gasteiger partial charge in [-0.1, -0.05) is 6.07 Å². The molecule has 0 fully saturated rings. The van der Waals surface area contributed by atoms with Gasteiger partial charge in [0.1, 0.15) is 0 Å². The van der Waals surface area contributed by atoms with E-state index >= 15 is 0 Å². The number of rotatable bonds is 0. The van der Waals surface area contributed by atoms with E-state index in [0.29, 0.717) is 0 Å². The Morgan fingerprint density at radius 1 is 1.43 bits per heavy atom. The van der Waals surface area contributed by atoms with Crippen LogP contribution >= 0.6 is 0 Å². The lowest BCUT2D eigenvalue weighted by Gasteiger charge is -2.14. The van der Waals surface area contributed by atoms with Crippen LogP contribution in [0.2, 0.25) is 0 Å². The monoisotopic (exact) mass is 188 g/mol. The number of aryl methyl sites for hydroxylation is 3. The summed E-state index contributed by atoms with van der Waals surface area (Å²) in [5, 5.41) is 0. The zero-order valence-electron chi connectivity index (χ0n) is 8.13. The topological polar surface area (TPSA) is 37.8 Å². The fourth-order valence-electron chi connectivity index (χ4n) is 2.38. The van der Waals surface area contributed by atoms with Gasteiger partial charge < -0.3 is 4.98 Å². The number of benzene rings is 1. The first-order valence-corrected chi connectivity index (χ1v) is 4.98. The van der Waals surface area contributed by atoms with Crippen LogP contribution in [0.5, 0.6) is 0 Å². The first-order valence-electron chi connectivity index (χ1n) is 4.98. The molecule has 0 bridgehead atoms. The lowest BCUT2D eigenvalue weighted by molar-refractivity contribution is 0.615. The molecule has 3 heteroatoms. The smallest absolute Gasteiger partial charge is 0.306 e. The second kappa shape index (κ2) is 2.50. The van der Waals surface area contributed by atoms with Crippen molar-refractivity contribution < 1.29 is 0 Å². The second-order valence-corrected chi connectivity index (χ2v) is 4.01. The summed E-state index contributed by atoms with van der Waals surface area (Å²) in [5.41, 5.74) is 4.68. The van der Waals surface area contributed by atoms with E-state index in [1.807, 2.05) is 10.6 Å². The Hall–Kier alpha value is -1.51. The molecule has 3 rings (SSSR count). The van der Waals surface area contributed by atoms with Gasteiger partial charge in [-0.2, -0.15) is 0 Å². The third-order valence-electron chi connectivity index (χ3n) is 2.92. The van der Waals surface area contributed by atoms with Crippen molar-refractivity contribution in [2.24, 2.45) is 0 Å². The molecule has 1 aliphatic rings. The standard InChI is InChI=1S/C11H12N2O/c1-7-5-8-3-2-4-13-10(8)9(6-7)12-11(13)14/h5-6H,2-4H2,1H3,(H,12,14). The minimum absolute atomic E-state index is 0.0338. The average Bonchev–Trinajstić information content (AvgIpc) is 2.45. The number of nitrogens with zero attached hydrogens (tertiary/aromatic N) is 1. The number of aromatic amines is 1. The fourth-order valence-corrected chi connectivity index (χ4v) is 2.38. The van der Waals surface area contributed by atoms with Gasteiger partial charge in [-0.3, -0.25) is 4.57 Å². The van der Waals surface area contributed by atoms with Gasteiger partial charge >= 0.3 is 5.69 Å². The van der Waals surface area contributed by atoms with Gasteiger partial charge in [0.25, 0.3) is 0 Å². The molecule has 0 amide bonds. The van der Waals surface area contributed by atoms with Crippen LogP contribution in [0.25, 0.3) is 11.0 Å². The molecule has 0 unspecified atom stereocenters. The summed E-state index contributed by atoms with van der Waals surface area (Å²) in [6.07, 6.45) is 2.17. The molecule has 3 nitrogen and oxygen atoms in total. The van der Waals surface area contributed by atoms with Gasteiger partial charge in [0.05, 0.1) is 11.0 Å². The van der Waals surface area contributed by atoms with Crippen LogP contribution in [0.3, 0.4) is 0 Å². The van der Waals surface area contributed by atoms with Crippen molar-refractivity contribution in [1.82, 2.24) is 9.55 Å². The van der Waals surface area contributed by atoms with Crippen molar-refractivity contribution in [2.75, 3.05) is 0 Å². The summed E-state index contributed by atoms with van der Waals surface area (Å²) < 4.78 is 1.85. The highest BCUT2D eigenvalue weighted by Gasteiger charge is 2.15. The molecule has 2 aromatic rings. The summed E-state index contributed by atoms with van der Waals surface area (Å²) in [7, 11) is 0. The molecule has 14 heavy (non-hydrogen) atoms. The van der Waals surface area contributed by atoms with E-state index < -0.39 is 0 Å². The Morgan fingerprint density at radius 2 is 2.29 bits per heavy atom. The van der Waals surface area contributed by atoms with Gasteiger partial charge in [0, 0.05) is 6.54 Å². The number of aromatic nitrogens is 2. The molecule has 0 saturated heterocycles. The Labute approximate surface area is 81.4 Å². The average molecular weight is 188 g/mol. The molecular weight excluding hydrogens is 176 g/mol. The molecule has 2 heterocycles. The highest BCUT2D eigenvalue weighted by atomic mass is 16.1. The number of imidazole rings is 1. The third kappa shape index (κ3) is 0.895. The maximum absolute atomic E-state index is 11.6. The van der Waals surface area contributed by atoms with Gasteiger partial charge in [-0.05, 0) is 37.0 Å². The zero-order valence-corrected chi connectivity index (χ0v) is 8.13. The number of nitrogens with one attached hydrogen (secondary N) is 1. The van der Waals surface area contributed by atoms with Crippen LogP contribution in [0.1, 0.15) is 17.5 Å². The largest absolute Gasteiger partial charge is 0.326 e. The van der Waals surface area contributed by atoms with Gasteiger partial charge in [-0.15, -0.1) is 0 Å². The van der Waals surface area contributed by atoms with E-state index in [-0.39, 0.29) is 5.69 Å². The van der Waals surface area contributed by atoms with Gasteiger partial charge in [-0.25, -0.2) is 4.79 Å². The summed E-state index contributed by atoms with van der Waals surface area (Å²) >= 11 is 0. The molecule has 0 saturated carbocycles. The van der Waals surface area contributed by atoms with E-state index in [1.54, 1.807) is 0 Å². The molecule has 0 aliphatic carbocycles. The number of hydrogen-bond donors (Lipinski definition) is 1. The summed E-state index contributed by atoms with van der Waals surface area (Å²) in [6.45, 7) is 2.93. The number of hydrogen-bond acceptors (Lipinski definition) is 1. The third-order valence-corrected chi connectivity index (χ3v) is 2.92. The summed E-state index contributed by atoms with van der Waals surface area (Å²) in [4.78, 5) is 14.5. The lowest BCUT2D eigenvalue weighted by atomic mass is 10.0. The van der Waals surface area contributed by atoms with E-state index in [2.05, 4.69) is 18.0 Å². The molecule has 1 aromatic heterocycles. The Kier molecular flexibility index (Phi) is 1.40. The van der Waals surface area contributed by atoms with E-state index in [0.717, 1.165) is 30.4 Å². The maximum Gasteiger partial charge on any atom is 0.326 e. The van der Waals surface area contributed by atoms with Crippen LogP contribution in [0, 0.1) is 6.92 Å². The van der Waals surface area contributed by atoms with Crippen molar-refractivity contribution in [2.45, 2.75) is 26.3 Å². The van der Waals surface area contributed by atoms with Crippen LogP contribution in [0.4, 0.5) is 0 Å². The molecule has 1 aromatic carbocycles. The van der Waals surface area contributed by atoms with Crippen molar-refractivity contribution in [1.29, 1.82) is 0 Å². The second-order valence-electron chi connectivity index (χ2n) is 4.01. The van der Waals surface area contributed by atoms with Crippen molar-refractivity contribution in [3.63, 3.8) is 0 Å². The normalized spacial score (nSPS) is 14.9. The summed E-state index contributed by atoms with van der Waals surface area (Å²) in [6, 6.07) is 4.23. The van der Waals surface area contributed by atoms with Gasteiger partial charge in [0.15, 0.2) is 0 Å². The van der Waals surface area contributed by atoms with E-state index in [1.165, 1.54) is 11.1 Å². The minimum atomic E-state index is 0.0338. The molecule has 72 valence electrons. The predicted octanol–water partition coefficient (Wildman–Crippen LogP) is 1.58. The summed E-state index contributed by atoms with van der Waals surface area (Å²) in [5.74, 6) is 0. The van der Waals surface area contributed by atoms with Crippen molar-refractivity contribution in [3.05, 3.63) is 33.7 Å². The van der Waals surface area contributed by atoms with E-state index in [4.69, 9.17) is 0 Å². The molecule has 1 N–H and O–H groups in total. The van der Waals surface area contributed by atoms with Crippen LogP contribution < -0.4 is 5.69 Å². The molecular formula is C11H12N2O. The molecule has 0 atom stereocenters. The highest BCUT2D eigenvalue weighted by molar-refractivity contribution is 5.80. The Balaban J connectivity index is 2.55. The Morgan fingerprint density at radius 3 is 3.14 bits per heavy atom. The Bertz CT molecular complexity index is 562. The SMILES string of the molecule is Cc1cc2c3c(c1)[nH]c(=O)n3CCC2. The minimum Gasteiger partial charge on any atom is -0.306 e. The van der Waals surface area contributed by atoms with Crippen LogP contribution in [0.15, 0.2) is 16.9 Å². The molecule has 0 radical (unpaired) electrons. The molecule has 0 spiro atoms. The lowest BCUT2D eigenvalue weighted by Crippen LogP contribution is -2.20. The van der Waals surface area contributed by atoms with Crippen molar-refractivity contribution in [3.8, 4) is 0 Å². The van der Waals surface area contributed by atoms with Crippen LogP contribution in [-0.2, 0) is 13.0 Å². The maximum atomic E-state index is 11.6. The fraction of sp³-hybridized carbons (Fsp3) is 0.364. The highest BCUT2D eigenvalue weighted by Crippen LogP contribution is 2.23. The van der Waals surface area contributed by atoms with E-state index in [9.17, 15) is 4.79 Å². The number of H-pyrrole nitrogens is 1. The molecule has 1 aliphatic heterocycles. The van der Waals surface area contributed by atoms with Crippen LogP contribution in [-0.4, -0.2) is 9.55 Å². The quantitative estimate of drug-likeness (QED) is 0.669. The first-order chi connectivity index (χ1) is 6.75. The van der Waals surface area contributed by atoms with Gasteiger partial charge in [0.2, 0.25) is 0 Å². The van der Waals surface area contributed by atoms with Crippen molar-refractivity contribution >= 4 is 11.0 Å².